The number of methoxy groups -OCH3 is 1. The van der Waals surface area contributed by atoms with Gasteiger partial charge in [0.1, 0.15) is 11.5 Å². The van der Waals surface area contributed by atoms with Crippen LogP contribution in [0.4, 0.5) is 22.2 Å². The molecule has 2 aromatic heterocycles. The first-order valence-electron chi connectivity index (χ1n) is 8.51. The van der Waals surface area contributed by atoms with Gasteiger partial charge >= 0.3 is 6.09 Å². The van der Waals surface area contributed by atoms with Gasteiger partial charge in [0.15, 0.2) is 0 Å². The van der Waals surface area contributed by atoms with Gasteiger partial charge < -0.3 is 25.7 Å². The first kappa shape index (κ1) is 16.2. The molecule has 3 aromatic rings. The van der Waals surface area contributed by atoms with Crippen molar-refractivity contribution in [2.24, 2.45) is 0 Å². The number of rotatable bonds is 6. The molecule has 2 heterocycles. The fourth-order valence-electron chi connectivity index (χ4n) is 2.61. The molecule has 1 aliphatic carbocycles. The lowest BCUT2D eigenvalue weighted by Crippen LogP contribution is -2.22. The molecule has 0 atom stereocenters. The van der Waals surface area contributed by atoms with E-state index in [4.69, 9.17) is 0 Å². The third kappa shape index (κ3) is 3.69. The normalized spacial score (nSPS) is 13.4. The number of hydrogen-bond acceptors (Lipinski definition) is 6. The van der Waals surface area contributed by atoms with Gasteiger partial charge in [0.25, 0.3) is 0 Å². The van der Waals surface area contributed by atoms with Crippen LogP contribution in [-0.4, -0.2) is 34.2 Å². The Morgan fingerprint density at radius 3 is 2.77 bits per heavy atom. The van der Waals surface area contributed by atoms with Gasteiger partial charge in [0, 0.05) is 24.5 Å². The van der Waals surface area contributed by atoms with Crippen LogP contribution in [0.25, 0.3) is 11.0 Å². The average Bonchev–Trinajstić information content (AvgIpc) is 3.34. The Bertz CT molecular complexity index is 917. The van der Waals surface area contributed by atoms with E-state index in [-0.39, 0.29) is 0 Å². The zero-order valence-electron chi connectivity index (χ0n) is 14.4. The van der Waals surface area contributed by atoms with Gasteiger partial charge in [-0.15, -0.1) is 0 Å². The summed E-state index contributed by atoms with van der Waals surface area (Å²) < 4.78 is 4.56. The van der Waals surface area contributed by atoms with Gasteiger partial charge in [-0.2, -0.15) is 9.97 Å². The van der Waals surface area contributed by atoms with Crippen molar-refractivity contribution >= 4 is 34.6 Å². The van der Waals surface area contributed by atoms with E-state index in [1.807, 2.05) is 36.5 Å². The van der Waals surface area contributed by atoms with E-state index in [1.165, 1.54) is 20.0 Å². The SMILES string of the molecule is COC(=O)NCc1ccc(Nc2nc(NC3CC3)c3cc[nH]c3n2)cc1. The van der Waals surface area contributed by atoms with Crippen LogP contribution in [-0.2, 0) is 11.3 Å². The number of hydrogen-bond donors (Lipinski definition) is 4. The second-order valence-corrected chi connectivity index (χ2v) is 6.22. The van der Waals surface area contributed by atoms with Crippen LogP contribution < -0.4 is 16.0 Å². The van der Waals surface area contributed by atoms with Gasteiger partial charge in [-0.05, 0) is 36.6 Å². The molecule has 1 aliphatic rings. The summed E-state index contributed by atoms with van der Waals surface area (Å²) >= 11 is 0. The van der Waals surface area contributed by atoms with Gasteiger partial charge in [-0.1, -0.05) is 12.1 Å². The lowest BCUT2D eigenvalue weighted by Gasteiger charge is -2.10. The Hall–Kier alpha value is -3.29. The summed E-state index contributed by atoms with van der Waals surface area (Å²) in [5.41, 5.74) is 2.64. The molecule has 26 heavy (non-hydrogen) atoms. The number of nitrogens with zero attached hydrogens (tertiary/aromatic N) is 2. The highest BCUT2D eigenvalue weighted by Gasteiger charge is 2.23. The van der Waals surface area contributed by atoms with E-state index in [2.05, 4.69) is 35.6 Å². The highest BCUT2D eigenvalue weighted by atomic mass is 16.5. The molecule has 0 aliphatic heterocycles. The van der Waals surface area contributed by atoms with E-state index >= 15 is 0 Å². The fourth-order valence-corrected chi connectivity index (χ4v) is 2.61. The largest absolute Gasteiger partial charge is 0.453 e. The number of aromatic nitrogens is 3. The molecule has 0 bridgehead atoms. The highest BCUT2D eigenvalue weighted by molar-refractivity contribution is 5.88. The average molecular weight is 352 g/mol. The molecule has 1 saturated carbocycles. The first-order valence-corrected chi connectivity index (χ1v) is 8.51. The minimum atomic E-state index is -0.449. The topological polar surface area (TPSA) is 104 Å². The molecular formula is C18H20N6O2. The first-order chi connectivity index (χ1) is 12.7. The Kier molecular flexibility index (Phi) is 4.30. The van der Waals surface area contributed by atoms with E-state index in [1.54, 1.807) is 0 Å². The number of H-pyrrole nitrogens is 1. The van der Waals surface area contributed by atoms with Crippen LogP contribution in [0.15, 0.2) is 36.5 Å². The molecule has 8 heteroatoms. The molecule has 0 radical (unpaired) electrons. The van der Waals surface area contributed by atoms with Crippen LogP contribution in [0, 0.1) is 0 Å². The highest BCUT2D eigenvalue weighted by Crippen LogP contribution is 2.29. The zero-order chi connectivity index (χ0) is 17.9. The molecule has 4 rings (SSSR count). The van der Waals surface area contributed by atoms with Crippen LogP contribution in [0.5, 0.6) is 0 Å². The molecule has 1 fully saturated rings. The Labute approximate surface area is 150 Å². The number of benzene rings is 1. The van der Waals surface area contributed by atoms with Crippen LogP contribution in [0.3, 0.4) is 0 Å². The van der Waals surface area contributed by atoms with Crippen LogP contribution >= 0.6 is 0 Å². The molecule has 0 unspecified atom stereocenters. The molecule has 134 valence electrons. The van der Waals surface area contributed by atoms with E-state index in [9.17, 15) is 4.79 Å². The summed E-state index contributed by atoms with van der Waals surface area (Å²) in [6.07, 6.45) is 3.78. The van der Waals surface area contributed by atoms with Gasteiger partial charge in [-0.3, -0.25) is 0 Å². The van der Waals surface area contributed by atoms with Crippen molar-refractivity contribution in [1.82, 2.24) is 20.3 Å². The summed E-state index contributed by atoms with van der Waals surface area (Å²) in [5.74, 6) is 1.38. The van der Waals surface area contributed by atoms with E-state index in [0.717, 1.165) is 28.1 Å². The standard InChI is InChI=1S/C18H20N6O2/c1-26-18(25)20-10-11-2-4-13(5-3-11)22-17-23-15-14(8-9-19-15)16(24-17)21-12-6-7-12/h2-5,8-9,12H,6-7,10H2,1H3,(H,20,25)(H3,19,21,22,23,24). The maximum Gasteiger partial charge on any atom is 0.407 e. The molecular weight excluding hydrogens is 332 g/mol. The Morgan fingerprint density at radius 1 is 1.23 bits per heavy atom. The lowest BCUT2D eigenvalue weighted by molar-refractivity contribution is 0.170. The van der Waals surface area contributed by atoms with Crippen molar-refractivity contribution in [3.05, 3.63) is 42.1 Å². The molecule has 4 N–H and O–H groups in total. The van der Waals surface area contributed by atoms with Crippen LogP contribution in [0.2, 0.25) is 0 Å². The Balaban J connectivity index is 1.48. The predicted octanol–water partition coefficient (Wildman–Crippen LogP) is 3.13. The van der Waals surface area contributed by atoms with E-state index < -0.39 is 6.09 Å². The quantitative estimate of drug-likeness (QED) is 0.543. The number of anilines is 3. The molecule has 1 amide bonds. The lowest BCUT2D eigenvalue weighted by atomic mass is 10.2. The molecule has 0 saturated heterocycles. The van der Waals surface area contributed by atoms with E-state index in [0.29, 0.717) is 18.5 Å². The van der Waals surface area contributed by atoms with Crippen molar-refractivity contribution in [3.8, 4) is 0 Å². The number of amides is 1. The van der Waals surface area contributed by atoms with Crippen LogP contribution in [0.1, 0.15) is 18.4 Å². The number of carbonyl (C=O) groups excluding carboxylic acids is 1. The monoisotopic (exact) mass is 352 g/mol. The summed E-state index contributed by atoms with van der Waals surface area (Å²) in [4.78, 5) is 23.4. The number of ether oxygens (including phenoxy) is 1. The smallest absolute Gasteiger partial charge is 0.407 e. The molecule has 0 spiro atoms. The zero-order valence-corrected chi connectivity index (χ0v) is 14.4. The number of nitrogens with one attached hydrogen (secondary N) is 4. The molecule has 8 nitrogen and oxygen atoms in total. The van der Waals surface area contributed by atoms with Crippen molar-refractivity contribution in [1.29, 1.82) is 0 Å². The third-order valence-corrected chi connectivity index (χ3v) is 4.17. The summed E-state index contributed by atoms with van der Waals surface area (Å²) in [6.45, 7) is 0.410. The van der Waals surface area contributed by atoms with Crippen molar-refractivity contribution in [2.75, 3.05) is 17.7 Å². The number of aromatic amines is 1. The van der Waals surface area contributed by atoms with Crippen molar-refractivity contribution < 1.29 is 9.53 Å². The number of alkyl carbamates (subject to hydrolysis) is 1. The predicted molar refractivity (Wildman–Crippen MR) is 99.5 cm³/mol. The summed E-state index contributed by atoms with van der Waals surface area (Å²) in [7, 11) is 1.34. The molecule has 1 aromatic carbocycles. The minimum Gasteiger partial charge on any atom is -0.453 e. The van der Waals surface area contributed by atoms with Gasteiger partial charge in [0.05, 0.1) is 12.5 Å². The summed E-state index contributed by atoms with van der Waals surface area (Å²) in [6, 6.07) is 10.2. The Morgan fingerprint density at radius 2 is 2.04 bits per heavy atom. The number of fused-ring (bicyclic) bond motifs is 1. The van der Waals surface area contributed by atoms with Gasteiger partial charge in [-0.25, -0.2) is 4.79 Å². The second kappa shape index (κ2) is 6.91. The van der Waals surface area contributed by atoms with Crippen molar-refractivity contribution in [2.45, 2.75) is 25.4 Å². The number of carbonyl (C=O) groups is 1. The minimum absolute atomic E-state index is 0.410. The fraction of sp³-hybridized carbons (Fsp3) is 0.278. The third-order valence-electron chi connectivity index (χ3n) is 4.17. The summed E-state index contributed by atoms with van der Waals surface area (Å²) in [5, 5.41) is 10.3. The van der Waals surface area contributed by atoms with Gasteiger partial charge in [0.2, 0.25) is 5.95 Å². The second-order valence-electron chi connectivity index (χ2n) is 6.22. The maximum atomic E-state index is 11.1. The maximum absolute atomic E-state index is 11.1. The van der Waals surface area contributed by atoms with Crippen molar-refractivity contribution in [3.63, 3.8) is 0 Å².